The van der Waals surface area contributed by atoms with Crippen molar-refractivity contribution >= 4 is 35.2 Å². The Balaban J connectivity index is 2.02. The third-order valence-electron chi connectivity index (χ3n) is 4.62. The highest BCUT2D eigenvalue weighted by atomic mass is 16.4. The van der Waals surface area contributed by atoms with Gasteiger partial charge in [-0.3, -0.25) is 9.69 Å². The SMILES string of the molecule is CC1=c2c(ccc/c2=C/C(C)C)N2C(=O)c3ccc(C(=O)O)cc3C2=N1. The Morgan fingerprint density at radius 2 is 1.96 bits per heavy atom. The number of hydrogen-bond acceptors (Lipinski definition) is 3. The number of benzene rings is 2. The van der Waals surface area contributed by atoms with E-state index < -0.39 is 5.97 Å². The highest BCUT2D eigenvalue weighted by Crippen LogP contribution is 2.30. The molecule has 2 aliphatic rings. The number of fused-ring (bicyclic) bond motifs is 5. The number of hydrogen-bond donors (Lipinski definition) is 1. The molecular weight excluding hydrogens is 328 g/mol. The maximum Gasteiger partial charge on any atom is 0.335 e. The number of carbonyl (C=O) groups is 2. The lowest BCUT2D eigenvalue weighted by molar-refractivity contribution is 0.0696. The monoisotopic (exact) mass is 346 g/mol. The quantitative estimate of drug-likeness (QED) is 0.908. The average molecular weight is 346 g/mol. The molecule has 130 valence electrons. The third-order valence-corrected chi connectivity index (χ3v) is 4.62. The van der Waals surface area contributed by atoms with E-state index in [9.17, 15) is 14.7 Å². The second kappa shape index (κ2) is 5.66. The molecule has 2 aromatic rings. The van der Waals surface area contributed by atoms with Crippen LogP contribution in [-0.4, -0.2) is 22.8 Å². The van der Waals surface area contributed by atoms with Crippen molar-refractivity contribution in [3.8, 4) is 0 Å². The number of anilines is 1. The predicted molar refractivity (Wildman–Crippen MR) is 101 cm³/mol. The number of amides is 1. The van der Waals surface area contributed by atoms with E-state index in [2.05, 4.69) is 24.9 Å². The van der Waals surface area contributed by atoms with Gasteiger partial charge in [-0.1, -0.05) is 32.1 Å². The van der Waals surface area contributed by atoms with Gasteiger partial charge in [-0.25, -0.2) is 9.79 Å². The summed E-state index contributed by atoms with van der Waals surface area (Å²) in [4.78, 5) is 30.6. The molecule has 2 heterocycles. The van der Waals surface area contributed by atoms with Gasteiger partial charge < -0.3 is 5.11 Å². The summed E-state index contributed by atoms with van der Waals surface area (Å²) in [5.74, 6) is -0.333. The van der Waals surface area contributed by atoms with Gasteiger partial charge >= 0.3 is 5.97 Å². The molecule has 0 aliphatic carbocycles. The Morgan fingerprint density at radius 3 is 2.65 bits per heavy atom. The molecule has 2 aliphatic heterocycles. The van der Waals surface area contributed by atoms with Crippen molar-refractivity contribution < 1.29 is 14.7 Å². The summed E-state index contributed by atoms with van der Waals surface area (Å²) in [6, 6.07) is 10.4. The zero-order valence-corrected chi connectivity index (χ0v) is 14.8. The van der Waals surface area contributed by atoms with Gasteiger partial charge in [0.2, 0.25) is 0 Å². The second-order valence-electron chi connectivity index (χ2n) is 6.88. The van der Waals surface area contributed by atoms with E-state index in [1.807, 2.05) is 25.1 Å². The van der Waals surface area contributed by atoms with Crippen LogP contribution in [0.15, 0.2) is 41.4 Å². The van der Waals surface area contributed by atoms with Gasteiger partial charge in [0.25, 0.3) is 5.91 Å². The van der Waals surface area contributed by atoms with Crippen molar-refractivity contribution in [2.75, 3.05) is 4.90 Å². The van der Waals surface area contributed by atoms with Crippen LogP contribution in [0.1, 0.15) is 47.1 Å². The zero-order chi connectivity index (χ0) is 18.6. The third kappa shape index (κ3) is 2.28. The lowest BCUT2D eigenvalue weighted by atomic mass is 10.0. The molecule has 0 radical (unpaired) electrons. The maximum absolute atomic E-state index is 13.0. The van der Waals surface area contributed by atoms with Crippen LogP contribution in [0.5, 0.6) is 0 Å². The molecule has 0 unspecified atom stereocenters. The molecule has 5 nitrogen and oxygen atoms in total. The first-order valence-electron chi connectivity index (χ1n) is 8.51. The normalized spacial score (nSPS) is 15.8. The first-order chi connectivity index (χ1) is 12.4. The van der Waals surface area contributed by atoms with Gasteiger partial charge in [0.1, 0.15) is 5.84 Å². The molecule has 0 fully saturated rings. The number of rotatable bonds is 2. The number of aliphatic imine (C=N–C) groups is 1. The van der Waals surface area contributed by atoms with Crippen LogP contribution >= 0.6 is 0 Å². The molecule has 0 saturated heterocycles. The second-order valence-corrected chi connectivity index (χ2v) is 6.88. The van der Waals surface area contributed by atoms with Gasteiger partial charge in [0.05, 0.1) is 16.8 Å². The van der Waals surface area contributed by atoms with Crippen LogP contribution in [0.2, 0.25) is 0 Å². The lowest BCUT2D eigenvalue weighted by Crippen LogP contribution is -2.42. The van der Waals surface area contributed by atoms with Crippen LogP contribution in [0, 0.1) is 5.92 Å². The van der Waals surface area contributed by atoms with Gasteiger partial charge in [0, 0.05) is 16.5 Å². The molecule has 0 atom stereocenters. The van der Waals surface area contributed by atoms with Gasteiger partial charge in [-0.05, 0) is 42.3 Å². The van der Waals surface area contributed by atoms with E-state index >= 15 is 0 Å². The molecule has 1 amide bonds. The molecule has 0 saturated carbocycles. The number of aromatic carboxylic acids is 1. The fourth-order valence-electron chi connectivity index (χ4n) is 3.57. The fourth-order valence-corrected chi connectivity index (χ4v) is 3.57. The van der Waals surface area contributed by atoms with Crippen molar-refractivity contribution in [3.05, 3.63) is 63.5 Å². The van der Waals surface area contributed by atoms with E-state index in [0.29, 0.717) is 22.9 Å². The van der Waals surface area contributed by atoms with Crippen molar-refractivity contribution in [2.24, 2.45) is 10.9 Å². The Hall–Kier alpha value is -3.21. The van der Waals surface area contributed by atoms with Crippen LogP contribution in [0.25, 0.3) is 11.8 Å². The number of carbonyl (C=O) groups excluding carboxylic acids is 1. The summed E-state index contributed by atoms with van der Waals surface area (Å²) < 4.78 is 0. The minimum Gasteiger partial charge on any atom is -0.478 e. The highest BCUT2D eigenvalue weighted by Gasteiger charge is 2.37. The van der Waals surface area contributed by atoms with Crippen LogP contribution in [0.3, 0.4) is 0 Å². The summed E-state index contributed by atoms with van der Waals surface area (Å²) >= 11 is 0. The Bertz CT molecular complexity index is 1130. The molecule has 0 spiro atoms. The molecule has 0 bridgehead atoms. The fraction of sp³-hybridized carbons (Fsp3) is 0.190. The van der Waals surface area contributed by atoms with Crippen LogP contribution < -0.4 is 15.3 Å². The van der Waals surface area contributed by atoms with Gasteiger partial charge in [0.15, 0.2) is 0 Å². The predicted octanol–water partition coefficient (Wildman–Crippen LogP) is 2.37. The highest BCUT2D eigenvalue weighted by molar-refractivity contribution is 6.37. The number of carboxylic acids is 1. The summed E-state index contributed by atoms with van der Waals surface area (Å²) in [6.45, 7) is 6.14. The van der Waals surface area contributed by atoms with Crippen molar-refractivity contribution in [3.63, 3.8) is 0 Å². The van der Waals surface area contributed by atoms with E-state index in [4.69, 9.17) is 0 Å². The first-order valence-corrected chi connectivity index (χ1v) is 8.51. The van der Waals surface area contributed by atoms with Crippen molar-refractivity contribution in [1.29, 1.82) is 0 Å². The minimum atomic E-state index is -1.02. The van der Waals surface area contributed by atoms with Gasteiger partial charge in [-0.15, -0.1) is 0 Å². The summed E-state index contributed by atoms with van der Waals surface area (Å²) in [7, 11) is 0. The molecule has 2 aromatic carbocycles. The van der Waals surface area contributed by atoms with Crippen LogP contribution in [-0.2, 0) is 0 Å². The molecule has 4 rings (SSSR count). The number of carboxylic acid groups (broad SMARTS) is 1. The Morgan fingerprint density at radius 1 is 1.19 bits per heavy atom. The molecule has 5 heteroatoms. The number of nitrogens with zero attached hydrogens (tertiary/aromatic N) is 2. The zero-order valence-electron chi connectivity index (χ0n) is 14.8. The van der Waals surface area contributed by atoms with E-state index in [0.717, 1.165) is 21.8 Å². The van der Waals surface area contributed by atoms with E-state index in [1.54, 1.807) is 11.0 Å². The smallest absolute Gasteiger partial charge is 0.335 e. The van der Waals surface area contributed by atoms with Crippen molar-refractivity contribution in [1.82, 2.24) is 0 Å². The number of amidine groups is 1. The minimum absolute atomic E-state index is 0.145. The molecular formula is C21H18N2O3. The Labute approximate surface area is 150 Å². The van der Waals surface area contributed by atoms with E-state index in [-0.39, 0.29) is 11.5 Å². The average Bonchev–Trinajstić information content (AvgIpc) is 2.86. The molecule has 0 aromatic heterocycles. The lowest BCUT2D eigenvalue weighted by Gasteiger charge is -2.23. The summed E-state index contributed by atoms with van der Waals surface area (Å²) in [5.41, 5.74) is 2.80. The van der Waals surface area contributed by atoms with Gasteiger partial charge in [-0.2, -0.15) is 0 Å². The summed E-state index contributed by atoms with van der Waals surface area (Å²) in [6.07, 6.45) is 2.15. The first kappa shape index (κ1) is 16.3. The van der Waals surface area contributed by atoms with Crippen LogP contribution in [0.4, 0.5) is 5.69 Å². The topological polar surface area (TPSA) is 70.0 Å². The van der Waals surface area contributed by atoms with E-state index in [1.165, 1.54) is 12.1 Å². The summed E-state index contributed by atoms with van der Waals surface area (Å²) in [5, 5.41) is 11.3. The largest absolute Gasteiger partial charge is 0.478 e. The Kier molecular flexibility index (Phi) is 3.54. The standard InChI is InChI=1S/C21H18N2O3/c1-11(2)9-13-5-4-6-17-18(13)12(3)22-19-16-10-14(21(25)26)7-8-15(16)20(24)23(17)19/h4-11H,1-3H3,(H,25,26)/b13-9-. The molecule has 26 heavy (non-hydrogen) atoms. The van der Waals surface area contributed by atoms with Crippen molar-refractivity contribution in [2.45, 2.75) is 20.8 Å². The molecule has 1 N–H and O–H groups in total. The maximum atomic E-state index is 13.0.